The minimum absolute atomic E-state index is 0.203. The maximum atomic E-state index is 15.0. The van der Waals surface area contributed by atoms with E-state index in [2.05, 4.69) is 147 Å². The molecule has 7 aromatic rings. The van der Waals surface area contributed by atoms with E-state index in [4.69, 9.17) is 4.74 Å². The molecule has 0 unspecified atom stereocenters. The van der Waals surface area contributed by atoms with Gasteiger partial charge in [0.25, 0.3) is 0 Å². The molecule has 2 aliphatic rings. The molecule has 1 heterocycles. The normalized spacial score (nSPS) is 14.8. The van der Waals surface area contributed by atoms with Crippen LogP contribution in [0.15, 0.2) is 171 Å². The second kappa shape index (κ2) is 12.3. The largest absolute Gasteiger partial charge is 0.472 e. The number of rotatable bonds is 6. The SMILES string of the molecule is Cc1cc(F)cc2c1C(C)(C)c1c3c(c4ccccc4c1-2)OC(c1ccc(Sc2ccccc2)cc1)(c1ccc(Sc2ccccc2)cc1)C=C3. The lowest BCUT2D eigenvalue weighted by Crippen LogP contribution is -2.35. The van der Waals surface area contributed by atoms with Gasteiger partial charge in [-0.2, -0.15) is 0 Å². The summed E-state index contributed by atoms with van der Waals surface area (Å²) in [5.74, 6) is 0.654. The molecule has 4 heteroatoms. The van der Waals surface area contributed by atoms with Gasteiger partial charge >= 0.3 is 0 Å². The number of aryl methyl sites for hydroxylation is 1. The molecule has 0 radical (unpaired) electrons. The first-order valence-corrected chi connectivity index (χ1v) is 18.9. The van der Waals surface area contributed by atoms with Crippen molar-refractivity contribution < 1.29 is 9.13 Å². The third-order valence-electron chi connectivity index (χ3n) is 10.3. The maximum Gasteiger partial charge on any atom is 0.178 e. The number of fused-ring (bicyclic) bond motifs is 8. The monoisotopic (exact) mass is 698 g/mol. The standard InChI is InChI=1S/C47H35FOS2/c1-30-28-33(48)29-41-42-38-16-10-11-17-39(38)45-40(44(42)46(2,3)43(30)41)26-27-47(49-45,31-18-22-36(23-19-31)50-34-12-6-4-7-13-34)32-20-24-37(25-21-32)51-35-14-8-5-9-15-35/h4-29H,1-3H3. The molecule has 0 fully saturated rings. The summed E-state index contributed by atoms with van der Waals surface area (Å²) in [7, 11) is 0. The van der Waals surface area contributed by atoms with Crippen molar-refractivity contribution in [2.75, 3.05) is 0 Å². The molecule has 0 N–H and O–H groups in total. The van der Waals surface area contributed by atoms with Crippen molar-refractivity contribution in [2.24, 2.45) is 0 Å². The highest BCUT2D eigenvalue weighted by molar-refractivity contribution is 7.99. The van der Waals surface area contributed by atoms with Crippen LogP contribution in [0.1, 0.15) is 47.2 Å². The van der Waals surface area contributed by atoms with E-state index in [0.717, 1.165) is 49.9 Å². The first-order valence-electron chi connectivity index (χ1n) is 17.3. The van der Waals surface area contributed by atoms with E-state index in [9.17, 15) is 0 Å². The summed E-state index contributed by atoms with van der Waals surface area (Å²) in [5.41, 5.74) is 7.37. The van der Waals surface area contributed by atoms with Crippen molar-refractivity contribution in [3.05, 3.63) is 191 Å². The average Bonchev–Trinajstić information content (AvgIpc) is 3.39. The summed E-state index contributed by atoms with van der Waals surface area (Å²) in [4.78, 5) is 4.74. The van der Waals surface area contributed by atoms with Crippen LogP contribution in [0.5, 0.6) is 5.75 Å². The molecule has 0 aromatic heterocycles. The molecular formula is C47H35FOS2. The molecule has 51 heavy (non-hydrogen) atoms. The highest BCUT2D eigenvalue weighted by Crippen LogP contribution is 2.59. The third kappa shape index (κ3) is 5.32. The van der Waals surface area contributed by atoms with E-state index in [1.54, 1.807) is 35.7 Å². The summed E-state index contributed by atoms with van der Waals surface area (Å²) >= 11 is 3.50. The summed E-state index contributed by atoms with van der Waals surface area (Å²) < 4.78 is 22.6. The van der Waals surface area contributed by atoms with Gasteiger partial charge in [0.15, 0.2) is 5.60 Å². The molecule has 0 saturated heterocycles. The fourth-order valence-corrected chi connectivity index (χ4v) is 9.86. The second-order valence-electron chi connectivity index (χ2n) is 13.9. The van der Waals surface area contributed by atoms with Crippen LogP contribution in [-0.2, 0) is 11.0 Å². The van der Waals surface area contributed by atoms with Gasteiger partial charge in [0.05, 0.1) is 0 Å². The Morgan fingerprint density at radius 1 is 0.569 bits per heavy atom. The van der Waals surface area contributed by atoms with Crippen molar-refractivity contribution in [3.8, 4) is 16.9 Å². The Kier molecular flexibility index (Phi) is 7.72. The van der Waals surface area contributed by atoms with Crippen LogP contribution < -0.4 is 4.74 Å². The smallest absolute Gasteiger partial charge is 0.178 e. The quantitative estimate of drug-likeness (QED) is 0.171. The van der Waals surface area contributed by atoms with E-state index in [1.165, 1.54) is 30.7 Å². The van der Waals surface area contributed by atoms with Gasteiger partial charge in [-0.15, -0.1) is 0 Å². The predicted octanol–water partition coefficient (Wildman–Crippen LogP) is 13.2. The Bertz CT molecular complexity index is 2380. The summed E-state index contributed by atoms with van der Waals surface area (Å²) in [6.45, 7) is 6.56. The van der Waals surface area contributed by atoms with E-state index in [-0.39, 0.29) is 11.2 Å². The number of hydrogen-bond acceptors (Lipinski definition) is 3. The van der Waals surface area contributed by atoms with Crippen LogP contribution in [0, 0.1) is 12.7 Å². The molecule has 0 bridgehead atoms. The minimum Gasteiger partial charge on any atom is -0.472 e. The van der Waals surface area contributed by atoms with Gasteiger partial charge in [-0.05, 0) is 107 Å². The lowest BCUT2D eigenvalue weighted by molar-refractivity contribution is 0.163. The maximum absolute atomic E-state index is 15.0. The Labute approximate surface area is 307 Å². The lowest BCUT2D eigenvalue weighted by atomic mass is 9.76. The highest BCUT2D eigenvalue weighted by Gasteiger charge is 2.45. The Morgan fingerprint density at radius 2 is 1.08 bits per heavy atom. The first kappa shape index (κ1) is 31.9. The van der Waals surface area contributed by atoms with Crippen molar-refractivity contribution in [1.29, 1.82) is 0 Å². The van der Waals surface area contributed by atoms with Gasteiger partial charge < -0.3 is 4.74 Å². The van der Waals surface area contributed by atoms with Crippen LogP contribution in [-0.4, -0.2) is 0 Å². The molecule has 1 aliphatic carbocycles. The Hall–Kier alpha value is -5.03. The van der Waals surface area contributed by atoms with E-state index < -0.39 is 5.60 Å². The molecule has 0 saturated carbocycles. The third-order valence-corrected chi connectivity index (χ3v) is 12.3. The van der Waals surface area contributed by atoms with Crippen molar-refractivity contribution >= 4 is 40.4 Å². The van der Waals surface area contributed by atoms with Crippen molar-refractivity contribution in [2.45, 2.75) is 51.4 Å². The fraction of sp³-hybridized carbons (Fsp3) is 0.106. The van der Waals surface area contributed by atoms with Gasteiger partial charge in [-0.1, -0.05) is 128 Å². The van der Waals surface area contributed by atoms with Crippen molar-refractivity contribution in [1.82, 2.24) is 0 Å². The predicted molar refractivity (Wildman–Crippen MR) is 211 cm³/mol. The molecule has 0 amide bonds. The highest BCUT2D eigenvalue weighted by atomic mass is 32.2. The lowest BCUT2D eigenvalue weighted by Gasteiger charge is -2.38. The zero-order valence-corrected chi connectivity index (χ0v) is 30.2. The van der Waals surface area contributed by atoms with Gasteiger partial charge in [0.1, 0.15) is 11.6 Å². The van der Waals surface area contributed by atoms with Gasteiger partial charge in [0.2, 0.25) is 0 Å². The van der Waals surface area contributed by atoms with Crippen LogP contribution in [0.25, 0.3) is 28.0 Å². The van der Waals surface area contributed by atoms with Gasteiger partial charge in [0, 0.05) is 47.1 Å². The number of hydrogen-bond donors (Lipinski definition) is 0. The summed E-state index contributed by atoms with van der Waals surface area (Å²) in [6, 6.07) is 50.3. The topological polar surface area (TPSA) is 9.23 Å². The Balaban J connectivity index is 1.22. The second-order valence-corrected chi connectivity index (χ2v) is 16.2. The van der Waals surface area contributed by atoms with Crippen molar-refractivity contribution in [3.63, 3.8) is 0 Å². The fourth-order valence-electron chi connectivity index (χ4n) is 8.18. The molecule has 1 nitrogen and oxygen atoms in total. The first-order chi connectivity index (χ1) is 24.8. The average molecular weight is 699 g/mol. The minimum atomic E-state index is -0.881. The molecule has 9 rings (SSSR count). The Morgan fingerprint density at radius 3 is 1.65 bits per heavy atom. The molecule has 248 valence electrons. The summed E-state index contributed by atoms with van der Waals surface area (Å²) in [5, 5.41) is 2.11. The van der Waals surface area contributed by atoms with Crippen LogP contribution in [0.3, 0.4) is 0 Å². The molecule has 1 aliphatic heterocycles. The molecule has 0 spiro atoms. The summed E-state index contributed by atoms with van der Waals surface area (Å²) in [6.07, 6.45) is 4.50. The number of benzene rings is 7. The van der Waals surface area contributed by atoms with Gasteiger partial charge in [-0.25, -0.2) is 4.39 Å². The van der Waals surface area contributed by atoms with Crippen LogP contribution in [0.4, 0.5) is 4.39 Å². The molecule has 7 aromatic carbocycles. The van der Waals surface area contributed by atoms with E-state index in [0.29, 0.717) is 0 Å². The molecule has 0 atom stereocenters. The zero-order valence-electron chi connectivity index (χ0n) is 28.6. The number of ether oxygens (including phenoxy) is 1. The number of halogens is 1. The van der Waals surface area contributed by atoms with E-state index in [1.807, 2.05) is 19.1 Å². The molecular weight excluding hydrogens is 664 g/mol. The van der Waals surface area contributed by atoms with Gasteiger partial charge in [-0.3, -0.25) is 0 Å². The zero-order chi connectivity index (χ0) is 34.7. The van der Waals surface area contributed by atoms with Crippen LogP contribution in [0.2, 0.25) is 0 Å². The van der Waals surface area contributed by atoms with Crippen LogP contribution >= 0.6 is 23.5 Å². The van der Waals surface area contributed by atoms with E-state index >= 15 is 4.39 Å².